The summed E-state index contributed by atoms with van der Waals surface area (Å²) in [4.78, 5) is 26.3. The Morgan fingerprint density at radius 2 is 0.595 bits per heavy atom. The molecule has 0 fully saturated rings. The second-order valence-corrected chi connectivity index (χ2v) is 31.7. The Kier molecular flexibility index (Phi) is 16.6. The lowest BCUT2D eigenvalue weighted by Gasteiger charge is -2.57. The maximum Gasteiger partial charge on any atom is 0.164 e. The van der Waals surface area contributed by atoms with Gasteiger partial charge in [-0.2, -0.15) is 0 Å². The number of hydrogen-bond donors (Lipinski definition) is 0. The zero-order chi connectivity index (χ0) is 77.7. The first-order valence-corrected chi connectivity index (χ1v) is 39.8. The van der Waals surface area contributed by atoms with E-state index in [1.165, 1.54) is 83.5 Å². The molecule has 0 saturated heterocycles. The van der Waals surface area contributed by atoms with E-state index in [9.17, 15) is 0 Å². The van der Waals surface area contributed by atoms with Gasteiger partial charge in [0.2, 0.25) is 0 Å². The van der Waals surface area contributed by atoms with Crippen LogP contribution in [0.2, 0.25) is 0 Å². The van der Waals surface area contributed by atoms with E-state index in [1.54, 1.807) is 0 Å². The lowest BCUT2D eigenvalue weighted by atomic mass is 9.43. The van der Waals surface area contributed by atoms with E-state index >= 15 is 0 Å². The lowest BCUT2D eigenvalue weighted by Crippen LogP contribution is -2.54. The van der Waals surface area contributed by atoms with Crippen LogP contribution in [0.4, 0.5) is 0 Å². The van der Waals surface area contributed by atoms with Crippen molar-refractivity contribution in [2.75, 3.05) is 0 Å². The Hall–Kier alpha value is -14.5. The van der Waals surface area contributed by atoms with E-state index in [4.69, 9.17) is 33.8 Å². The van der Waals surface area contributed by atoms with Crippen molar-refractivity contribution in [3.63, 3.8) is 0 Å². The van der Waals surface area contributed by atoms with Crippen LogP contribution < -0.4 is 0 Å². The molecular weight excluding hydrogens is 1410 g/mol. The first-order valence-electron chi connectivity index (χ1n) is 39.8. The standard InChI is InChI=1S/C58H38N2O.C51H39N3O/c1-5-19-41(20-6-1)57(42-21-7-2-8-22-42)49-29-15-13-27-45(49)48-37-39(34-36-50(48)58(57,43-23-9-3-10-24-43)44-25-11-4-12-26-44)55-56(60-52-31-17-16-30-51(52)59-55)40-33-35-47-46-28-14-18-32-53(46)61-54(47)38-40;1-50(2)42-28-26-36(35-20-13-19-34(29-35)32-15-7-5-8-16-32)30-41(42)38-27-25-37(31-43(38)51(50,3)4)48-52-47(33-17-9-6-10-18-33)53-49(54-48)40-22-14-24-45-46(40)39-21-11-12-23-44(39)55-45/h1-38H;5-31H,1-4H3. The van der Waals surface area contributed by atoms with Crippen LogP contribution in [0, 0.1) is 0 Å². The fraction of sp³-hybridized carbons (Fsp3) is 0.0734. The van der Waals surface area contributed by atoms with Crippen molar-refractivity contribution < 1.29 is 8.83 Å². The van der Waals surface area contributed by atoms with E-state index in [0.717, 1.165) is 99.7 Å². The quantitative estimate of drug-likeness (QED) is 0.127. The number of fused-ring (bicyclic) bond motifs is 13. The molecule has 0 bridgehead atoms. The van der Waals surface area contributed by atoms with Gasteiger partial charge in [0.1, 0.15) is 22.3 Å². The molecule has 20 aromatic rings. The monoisotopic (exact) mass is 1490 g/mol. The molecule has 0 atom stereocenters. The van der Waals surface area contributed by atoms with E-state index in [0.29, 0.717) is 17.5 Å². The topological polar surface area (TPSA) is 90.7 Å². The lowest BCUT2D eigenvalue weighted by molar-refractivity contribution is 0.299. The highest BCUT2D eigenvalue weighted by Gasteiger charge is 2.61. The summed E-state index contributed by atoms with van der Waals surface area (Å²) in [5.41, 5.74) is 29.3. The van der Waals surface area contributed by atoms with Gasteiger partial charge in [0.25, 0.3) is 0 Å². The first kappa shape index (κ1) is 69.4. The van der Waals surface area contributed by atoms with E-state index < -0.39 is 10.8 Å². The highest BCUT2D eigenvalue weighted by atomic mass is 16.3. The highest BCUT2D eigenvalue weighted by molar-refractivity contribution is 6.12. The van der Waals surface area contributed by atoms with Crippen molar-refractivity contribution in [3.05, 3.63) is 439 Å². The van der Waals surface area contributed by atoms with Crippen LogP contribution >= 0.6 is 0 Å². The molecule has 4 aromatic heterocycles. The van der Waals surface area contributed by atoms with E-state index in [1.807, 2.05) is 78.9 Å². The van der Waals surface area contributed by atoms with Gasteiger partial charge in [-0.15, -0.1) is 0 Å². The molecule has 7 heteroatoms. The third kappa shape index (κ3) is 11.0. The molecule has 0 amide bonds. The molecule has 116 heavy (non-hydrogen) atoms. The minimum Gasteiger partial charge on any atom is -0.456 e. The molecule has 4 heterocycles. The number of hydrogen-bond acceptors (Lipinski definition) is 7. The predicted octanol–water partition coefficient (Wildman–Crippen LogP) is 27.6. The van der Waals surface area contributed by atoms with Crippen molar-refractivity contribution in [2.45, 2.75) is 49.4 Å². The van der Waals surface area contributed by atoms with E-state index in [-0.39, 0.29) is 10.8 Å². The normalized spacial score (nSPS) is 14.0. The van der Waals surface area contributed by atoms with Crippen LogP contribution in [-0.4, -0.2) is 24.9 Å². The summed E-state index contributed by atoms with van der Waals surface area (Å²) in [6.45, 7) is 9.49. The number of aromatic nitrogens is 5. The van der Waals surface area contributed by atoms with Crippen molar-refractivity contribution in [2.24, 2.45) is 0 Å². The van der Waals surface area contributed by atoms with Crippen LogP contribution in [0.3, 0.4) is 0 Å². The molecule has 2 aliphatic rings. The van der Waals surface area contributed by atoms with Crippen molar-refractivity contribution in [1.29, 1.82) is 0 Å². The Labute approximate surface area is 673 Å². The minimum absolute atomic E-state index is 0.157. The molecule has 0 radical (unpaired) electrons. The van der Waals surface area contributed by atoms with E-state index in [2.05, 4.69) is 343 Å². The molecule has 16 aromatic carbocycles. The summed E-state index contributed by atoms with van der Waals surface area (Å²) in [7, 11) is 0. The summed E-state index contributed by atoms with van der Waals surface area (Å²) in [5, 5.41) is 4.23. The molecule has 0 N–H and O–H groups in total. The average Bonchev–Trinajstić information content (AvgIpc) is 0.670. The molecule has 0 aliphatic heterocycles. The Balaban J connectivity index is 0.000000146. The molecule has 0 unspecified atom stereocenters. The van der Waals surface area contributed by atoms with Gasteiger partial charge >= 0.3 is 0 Å². The molecular formula is C109H77N5O2. The summed E-state index contributed by atoms with van der Waals surface area (Å²) in [5.74, 6) is 1.89. The fourth-order valence-corrected chi connectivity index (χ4v) is 19.0. The van der Waals surface area contributed by atoms with Crippen LogP contribution in [0.15, 0.2) is 403 Å². The number of nitrogens with zero attached hydrogens (tertiary/aromatic N) is 5. The Morgan fingerprint density at radius 3 is 1.23 bits per heavy atom. The highest BCUT2D eigenvalue weighted by Crippen LogP contribution is 2.66. The second kappa shape index (κ2) is 27.7. The van der Waals surface area contributed by atoms with Gasteiger partial charge in [0, 0.05) is 49.4 Å². The zero-order valence-corrected chi connectivity index (χ0v) is 64.6. The van der Waals surface area contributed by atoms with Crippen molar-refractivity contribution in [1.82, 2.24) is 24.9 Å². The molecule has 2 aliphatic carbocycles. The maximum atomic E-state index is 6.41. The van der Waals surface area contributed by atoms with Gasteiger partial charge in [-0.1, -0.05) is 355 Å². The second-order valence-electron chi connectivity index (χ2n) is 31.7. The molecule has 0 saturated carbocycles. The van der Waals surface area contributed by atoms with Gasteiger partial charge in [-0.05, 0) is 167 Å². The Bertz CT molecular complexity index is 7120. The summed E-state index contributed by atoms with van der Waals surface area (Å²) >= 11 is 0. The molecule has 550 valence electrons. The molecule has 22 rings (SSSR count). The maximum absolute atomic E-state index is 6.41. The first-order chi connectivity index (χ1) is 57.0. The largest absolute Gasteiger partial charge is 0.456 e. The minimum atomic E-state index is -0.731. The van der Waals surface area contributed by atoms with Gasteiger partial charge in [-0.25, -0.2) is 24.9 Å². The van der Waals surface area contributed by atoms with Crippen LogP contribution in [0.5, 0.6) is 0 Å². The van der Waals surface area contributed by atoms with Crippen LogP contribution in [-0.2, 0) is 21.7 Å². The van der Waals surface area contributed by atoms with Crippen LogP contribution in [0.1, 0.15) is 72.2 Å². The van der Waals surface area contributed by atoms with Crippen molar-refractivity contribution in [3.8, 4) is 101 Å². The van der Waals surface area contributed by atoms with Crippen molar-refractivity contribution >= 4 is 54.9 Å². The summed E-state index contributed by atoms with van der Waals surface area (Å²) in [6, 6.07) is 141. The summed E-state index contributed by atoms with van der Waals surface area (Å²) < 4.78 is 12.7. The number of rotatable bonds is 11. The van der Waals surface area contributed by atoms with Gasteiger partial charge < -0.3 is 8.83 Å². The van der Waals surface area contributed by atoms with Gasteiger partial charge in [0.15, 0.2) is 17.5 Å². The summed E-state index contributed by atoms with van der Waals surface area (Å²) in [6.07, 6.45) is 0. The number of para-hydroxylation sites is 4. The number of benzene rings is 16. The zero-order valence-electron chi connectivity index (χ0n) is 64.6. The molecule has 0 spiro atoms. The third-order valence-corrected chi connectivity index (χ3v) is 25.0. The third-order valence-electron chi connectivity index (χ3n) is 25.0. The van der Waals surface area contributed by atoms with Gasteiger partial charge in [-0.3, -0.25) is 0 Å². The smallest absolute Gasteiger partial charge is 0.164 e. The van der Waals surface area contributed by atoms with Crippen LogP contribution in [0.25, 0.3) is 156 Å². The predicted molar refractivity (Wildman–Crippen MR) is 474 cm³/mol. The van der Waals surface area contributed by atoms with Gasteiger partial charge in [0.05, 0.1) is 33.3 Å². The molecule has 7 nitrogen and oxygen atoms in total. The Morgan fingerprint density at radius 1 is 0.207 bits per heavy atom. The number of furan rings is 2. The SMILES string of the molecule is CC1(C)c2ccc(-c3cccc(-c4ccccc4)c3)cc2-c2ccc(-c3nc(-c4ccccc4)nc(-c4cccc5oc6ccccc6c45)n3)cc2C1(C)C.c1ccc(C2(c3ccccc3)c3ccccc3-c3cc(-c4nc5ccccc5nc4-c4ccc5c(c4)oc4ccccc45)ccc3C2(c2ccccc2)c2ccccc2)cc1. The fourth-order valence-electron chi connectivity index (χ4n) is 19.0. The average molecular weight is 1490 g/mol.